The van der Waals surface area contributed by atoms with Crippen LogP contribution < -0.4 is 5.32 Å². The van der Waals surface area contributed by atoms with Gasteiger partial charge in [0.15, 0.2) is 0 Å². The van der Waals surface area contributed by atoms with Crippen molar-refractivity contribution < 1.29 is 4.74 Å². The molecule has 90 valence electrons. The van der Waals surface area contributed by atoms with Gasteiger partial charge in [-0.15, -0.1) is 0 Å². The van der Waals surface area contributed by atoms with Crippen LogP contribution >= 0.6 is 0 Å². The minimum Gasteiger partial charge on any atom is -0.376 e. The van der Waals surface area contributed by atoms with E-state index in [1.165, 1.54) is 0 Å². The lowest BCUT2D eigenvalue weighted by Crippen LogP contribution is -2.53. The first-order chi connectivity index (χ1) is 8.70. The maximum Gasteiger partial charge on any atom is 0.145 e. The van der Waals surface area contributed by atoms with Crippen molar-refractivity contribution in [2.75, 3.05) is 18.5 Å². The summed E-state index contributed by atoms with van der Waals surface area (Å²) >= 11 is 0. The molecule has 1 aromatic carbocycles. The Hall–Kier alpha value is -2.12. The highest BCUT2D eigenvalue weighted by Gasteiger charge is 2.34. The van der Waals surface area contributed by atoms with E-state index in [0.29, 0.717) is 24.6 Å². The second kappa shape index (κ2) is 3.97. The molecule has 4 heteroatoms. The largest absolute Gasteiger partial charge is 0.376 e. The number of nitriles is 1. The Bertz CT molecular complexity index is 641. The highest BCUT2D eigenvalue weighted by Crippen LogP contribution is 2.26. The summed E-state index contributed by atoms with van der Waals surface area (Å²) in [5.74, 6) is 0.641. The van der Waals surface area contributed by atoms with E-state index in [1.807, 2.05) is 30.3 Å². The molecule has 0 spiro atoms. The zero-order chi connectivity index (χ0) is 12.6. The summed E-state index contributed by atoms with van der Waals surface area (Å²) in [5, 5.41) is 13.5. The van der Waals surface area contributed by atoms with Crippen molar-refractivity contribution in [3.05, 3.63) is 35.9 Å². The smallest absolute Gasteiger partial charge is 0.145 e. The van der Waals surface area contributed by atoms with E-state index in [0.717, 1.165) is 10.9 Å². The first-order valence-corrected chi connectivity index (χ1v) is 5.86. The molecule has 0 unspecified atom stereocenters. The van der Waals surface area contributed by atoms with E-state index < -0.39 is 0 Å². The average Bonchev–Trinajstić information content (AvgIpc) is 2.36. The lowest BCUT2D eigenvalue weighted by molar-refractivity contribution is -0.0320. The normalized spacial score (nSPS) is 16.9. The average molecular weight is 239 g/mol. The van der Waals surface area contributed by atoms with Crippen molar-refractivity contribution in [1.82, 2.24) is 4.98 Å². The van der Waals surface area contributed by atoms with Gasteiger partial charge >= 0.3 is 0 Å². The number of ether oxygens (including phenoxy) is 1. The van der Waals surface area contributed by atoms with Crippen LogP contribution in [0.25, 0.3) is 10.9 Å². The van der Waals surface area contributed by atoms with E-state index in [-0.39, 0.29) is 5.54 Å². The van der Waals surface area contributed by atoms with Crippen molar-refractivity contribution >= 4 is 16.7 Å². The number of aromatic nitrogens is 1. The van der Waals surface area contributed by atoms with Crippen molar-refractivity contribution in [3.8, 4) is 6.07 Å². The summed E-state index contributed by atoms with van der Waals surface area (Å²) < 4.78 is 5.20. The topological polar surface area (TPSA) is 57.9 Å². The molecule has 0 aliphatic carbocycles. The van der Waals surface area contributed by atoms with E-state index in [9.17, 15) is 5.26 Å². The number of fused-ring (bicyclic) bond motifs is 1. The Balaban J connectivity index is 2.07. The monoisotopic (exact) mass is 239 g/mol. The molecule has 1 fully saturated rings. The fourth-order valence-electron chi connectivity index (χ4n) is 2.06. The number of para-hydroxylation sites is 1. The fourth-order valence-corrected chi connectivity index (χ4v) is 2.06. The lowest BCUT2D eigenvalue weighted by atomic mass is 10.0. The molecule has 0 bridgehead atoms. The maximum absolute atomic E-state index is 9.20. The van der Waals surface area contributed by atoms with Crippen molar-refractivity contribution in [1.29, 1.82) is 5.26 Å². The summed E-state index contributed by atoms with van der Waals surface area (Å²) in [4.78, 5) is 4.52. The van der Waals surface area contributed by atoms with Gasteiger partial charge < -0.3 is 10.1 Å². The van der Waals surface area contributed by atoms with Crippen LogP contribution in [0.5, 0.6) is 0 Å². The number of nitrogens with one attached hydrogen (secondary N) is 1. The standard InChI is InChI=1S/C14H13N3O/c1-14(8-18-9-14)17-13-11(7-15)6-10-4-2-3-5-12(10)16-13/h2-6H,8-9H2,1H3,(H,16,17). The molecular weight excluding hydrogens is 226 g/mol. The number of rotatable bonds is 2. The second-order valence-corrected chi connectivity index (χ2v) is 4.87. The molecule has 0 radical (unpaired) electrons. The molecule has 0 amide bonds. The summed E-state index contributed by atoms with van der Waals surface area (Å²) in [5.41, 5.74) is 1.35. The first-order valence-electron chi connectivity index (χ1n) is 5.86. The van der Waals surface area contributed by atoms with E-state index in [1.54, 1.807) is 0 Å². The number of pyridine rings is 1. The fraction of sp³-hybridized carbons (Fsp3) is 0.286. The highest BCUT2D eigenvalue weighted by atomic mass is 16.5. The van der Waals surface area contributed by atoms with Crippen LogP contribution in [0.3, 0.4) is 0 Å². The predicted molar refractivity (Wildman–Crippen MR) is 69.3 cm³/mol. The molecular formula is C14H13N3O. The number of nitrogens with zero attached hydrogens (tertiary/aromatic N) is 2. The van der Waals surface area contributed by atoms with Gasteiger partial charge in [0.05, 0.1) is 29.8 Å². The highest BCUT2D eigenvalue weighted by molar-refractivity contribution is 5.82. The van der Waals surface area contributed by atoms with Crippen LogP contribution in [0.4, 0.5) is 5.82 Å². The SMILES string of the molecule is CC1(Nc2nc3ccccc3cc2C#N)COC1. The zero-order valence-electron chi connectivity index (χ0n) is 10.1. The molecule has 1 aliphatic rings. The van der Waals surface area contributed by atoms with Gasteiger partial charge in [0.25, 0.3) is 0 Å². The van der Waals surface area contributed by atoms with E-state index in [4.69, 9.17) is 4.74 Å². The molecule has 0 atom stereocenters. The van der Waals surface area contributed by atoms with Gasteiger partial charge in [-0.05, 0) is 19.1 Å². The van der Waals surface area contributed by atoms with Gasteiger partial charge in [-0.3, -0.25) is 0 Å². The van der Waals surface area contributed by atoms with E-state index >= 15 is 0 Å². The van der Waals surface area contributed by atoms with Gasteiger partial charge in [0.1, 0.15) is 11.9 Å². The minimum absolute atomic E-state index is 0.110. The van der Waals surface area contributed by atoms with Crippen molar-refractivity contribution in [3.63, 3.8) is 0 Å². The lowest BCUT2D eigenvalue weighted by Gasteiger charge is -2.39. The third-order valence-corrected chi connectivity index (χ3v) is 3.11. The number of anilines is 1. The molecule has 2 heterocycles. The summed E-state index contributed by atoms with van der Waals surface area (Å²) in [6, 6.07) is 11.9. The first kappa shape index (κ1) is 11.0. The van der Waals surface area contributed by atoms with Crippen LogP contribution in [-0.4, -0.2) is 23.7 Å². The Morgan fingerprint density at radius 2 is 2.17 bits per heavy atom. The van der Waals surface area contributed by atoms with Crippen LogP contribution in [0.15, 0.2) is 30.3 Å². The Morgan fingerprint density at radius 1 is 1.39 bits per heavy atom. The molecule has 1 N–H and O–H groups in total. The van der Waals surface area contributed by atoms with Gasteiger partial charge in [-0.1, -0.05) is 18.2 Å². The summed E-state index contributed by atoms with van der Waals surface area (Å²) in [6.07, 6.45) is 0. The zero-order valence-corrected chi connectivity index (χ0v) is 10.1. The molecule has 0 saturated carbocycles. The summed E-state index contributed by atoms with van der Waals surface area (Å²) in [7, 11) is 0. The van der Waals surface area contributed by atoms with Crippen LogP contribution in [-0.2, 0) is 4.74 Å². The second-order valence-electron chi connectivity index (χ2n) is 4.87. The third kappa shape index (κ3) is 1.79. The van der Waals surface area contributed by atoms with Gasteiger partial charge in [0.2, 0.25) is 0 Å². The Kier molecular flexibility index (Phi) is 2.42. The molecule has 4 nitrogen and oxygen atoms in total. The molecule has 2 aromatic rings. The van der Waals surface area contributed by atoms with Crippen LogP contribution in [0.2, 0.25) is 0 Å². The Morgan fingerprint density at radius 3 is 2.83 bits per heavy atom. The predicted octanol–water partition coefficient (Wildman–Crippen LogP) is 2.31. The van der Waals surface area contributed by atoms with Gasteiger partial charge in [0, 0.05) is 5.39 Å². The molecule has 1 saturated heterocycles. The van der Waals surface area contributed by atoms with Gasteiger partial charge in [-0.2, -0.15) is 5.26 Å². The van der Waals surface area contributed by atoms with Crippen molar-refractivity contribution in [2.24, 2.45) is 0 Å². The molecule has 1 aliphatic heterocycles. The number of benzene rings is 1. The maximum atomic E-state index is 9.20. The van der Waals surface area contributed by atoms with Gasteiger partial charge in [-0.25, -0.2) is 4.98 Å². The van der Waals surface area contributed by atoms with Crippen LogP contribution in [0.1, 0.15) is 12.5 Å². The van der Waals surface area contributed by atoms with Crippen LogP contribution in [0, 0.1) is 11.3 Å². The summed E-state index contributed by atoms with van der Waals surface area (Å²) in [6.45, 7) is 3.35. The minimum atomic E-state index is -0.110. The third-order valence-electron chi connectivity index (χ3n) is 3.11. The Labute approximate surface area is 105 Å². The number of hydrogen-bond acceptors (Lipinski definition) is 4. The number of hydrogen-bond donors (Lipinski definition) is 1. The van der Waals surface area contributed by atoms with Crippen molar-refractivity contribution in [2.45, 2.75) is 12.5 Å². The quantitative estimate of drug-likeness (QED) is 0.873. The molecule has 18 heavy (non-hydrogen) atoms. The molecule has 1 aromatic heterocycles. The molecule has 3 rings (SSSR count). The van der Waals surface area contributed by atoms with E-state index in [2.05, 4.69) is 23.3 Å².